The van der Waals surface area contributed by atoms with Gasteiger partial charge in [-0.15, -0.1) is 0 Å². The van der Waals surface area contributed by atoms with Crippen LogP contribution >= 0.6 is 0 Å². The lowest BCUT2D eigenvalue weighted by Gasteiger charge is -2.36. The molecule has 14 heavy (non-hydrogen) atoms. The highest BCUT2D eigenvalue weighted by atomic mass is 15.2. The van der Waals surface area contributed by atoms with Crippen molar-refractivity contribution in [1.82, 2.24) is 10.2 Å². The number of nitrogens with zero attached hydrogens (tertiary/aromatic N) is 1. The van der Waals surface area contributed by atoms with E-state index in [0.29, 0.717) is 0 Å². The van der Waals surface area contributed by atoms with Crippen molar-refractivity contribution in [2.75, 3.05) is 26.2 Å². The fourth-order valence-corrected chi connectivity index (χ4v) is 2.91. The zero-order valence-electron chi connectivity index (χ0n) is 9.79. The number of hydrogen-bond donors (Lipinski definition) is 1. The van der Waals surface area contributed by atoms with Gasteiger partial charge in [-0.1, -0.05) is 20.8 Å². The second-order valence-electron chi connectivity index (χ2n) is 5.45. The maximum Gasteiger partial charge on any atom is 0.0246 e. The van der Waals surface area contributed by atoms with Gasteiger partial charge in [-0.3, -0.25) is 4.90 Å². The van der Waals surface area contributed by atoms with Gasteiger partial charge in [-0.05, 0) is 30.7 Å². The topological polar surface area (TPSA) is 15.3 Å². The molecule has 1 N–H and O–H groups in total. The van der Waals surface area contributed by atoms with Gasteiger partial charge >= 0.3 is 0 Å². The Morgan fingerprint density at radius 1 is 1.00 bits per heavy atom. The normalized spacial score (nSPS) is 45.6. The number of likely N-dealkylation sites (tertiary alicyclic amines) is 1. The maximum atomic E-state index is 3.53. The van der Waals surface area contributed by atoms with Crippen LogP contribution in [0.5, 0.6) is 0 Å². The summed E-state index contributed by atoms with van der Waals surface area (Å²) in [5.41, 5.74) is 0. The summed E-state index contributed by atoms with van der Waals surface area (Å²) >= 11 is 0. The Morgan fingerprint density at radius 3 is 2.21 bits per heavy atom. The van der Waals surface area contributed by atoms with Gasteiger partial charge in [-0.2, -0.15) is 0 Å². The van der Waals surface area contributed by atoms with E-state index >= 15 is 0 Å². The fraction of sp³-hybridized carbons (Fsp3) is 1.00. The molecule has 0 radical (unpaired) electrons. The summed E-state index contributed by atoms with van der Waals surface area (Å²) in [6.45, 7) is 12.3. The van der Waals surface area contributed by atoms with Crippen LogP contribution < -0.4 is 5.32 Å². The molecule has 2 rings (SSSR count). The van der Waals surface area contributed by atoms with Crippen LogP contribution in [-0.2, 0) is 0 Å². The average Bonchev–Trinajstić information content (AvgIpc) is 2.48. The molecule has 2 aliphatic heterocycles. The van der Waals surface area contributed by atoms with Crippen molar-refractivity contribution in [2.24, 2.45) is 17.8 Å². The lowest BCUT2D eigenvalue weighted by molar-refractivity contribution is 0.144. The molecule has 2 nitrogen and oxygen atoms in total. The standard InChI is InChI=1S/C12H24N2/c1-9-4-5-13-6-12(9)14-7-10(2)11(3)8-14/h9-13H,4-8H2,1-3H3. The number of nitrogens with one attached hydrogen (secondary N) is 1. The molecule has 2 fully saturated rings. The van der Waals surface area contributed by atoms with Crippen molar-refractivity contribution >= 4 is 0 Å². The van der Waals surface area contributed by atoms with E-state index in [-0.39, 0.29) is 0 Å². The van der Waals surface area contributed by atoms with Crippen molar-refractivity contribution in [3.8, 4) is 0 Å². The molecular weight excluding hydrogens is 172 g/mol. The lowest BCUT2D eigenvalue weighted by Crippen LogP contribution is -2.49. The second-order valence-corrected chi connectivity index (χ2v) is 5.45. The molecule has 0 aromatic heterocycles. The molecule has 0 aromatic rings. The Labute approximate surface area is 88.1 Å². The molecule has 2 aliphatic rings. The molecule has 2 saturated heterocycles. The highest BCUT2D eigenvalue weighted by Gasteiger charge is 2.34. The van der Waals surface area contributed by atoms with Gasteiger partial charge in [0.25, 0.3) is 0 Å². The van der Waals surface area contributed by atoms with Crippen LogP contribution in [-0.4, -0.2) is 37.1 Å². The molecule has 0 amide bonds. The van der Waals surface area contributed by atoms with E-state index in [0.717, 1.165) is 23.8 Å². The van der Waals surface area contributed by atoms with Gasteiger partial charge in [0, 0.05) is 25.7 Å². The predicted molar refractivity (Wildman–Crippen MR) is 60.3 cm³/mol. The summed E-state index contributed by atoms with van der Waals surface area (Å²) in [6, 6.07) is 0.802. The van der Waals surface area contributed by atoms with E-state index in [1.54, 1.807) is 0 Å². The SMILES string of the molecule is CC1CN(C2CNCCC2C)CC1C. The minimum absolute atomic E-state index is 0.802. The average molecular weight is 196 g/mol. The number of rotatable bonds is 1. The highest BCUT2D eigenvalue weighted by molar-refractivity contribution is 4.89. The first-order valence-corrected chi connectivity index (χ1v) is 6.13. The molecule has 0 spiro atoms. The third-order valence-electron chi connectivity index (χ3n) is 4.27. The molecule has 82 valence electrons. The largest absolute Gasteiger partial charge is 0.315 e. The zero-order valence-corrected chi connectivity index (χ0v) is 9.79. The highest BCUT2D eigenvalue weighted by Crippen LogP contribution is 2.28. The van der Waals surface area contributed by atoms with Crippen LogP contribution in [0.3, 0.4) is 0 Å². The Morgan fingerprint density at radius 2 is 1.64 bits per heavy atom. The summed E-state index contributed by atoms with van der Waals surface area (Å²) in [7, 11) is 0. The van der Waals surface area contributed by atoms with Crippen molar-refractivity contribution in [2.45, 2.75) is 33.2 Å². The smallest absolute Gasteiger partial charge is 0.0246 e. The van der Waals surface area contributed by atoms with E-state index in [9.17, 15) is 0 Å². The fourth-order valence-electron chi connectivity index (χ4n) is 2.91. The Kier molecular flexibility index (Phi) is 3.13. The molecule has 4 unspecified atom stereocenters. The number of piperidine rings is 1. The summed E-state index contributed by atoms with van der Waals surface area (Å²) in [6.07, 6.45) is 1.35. The van der Waals surface area contributed by atoms with Gasteiger partial charge in [0.2, 0.25) is 0 Å². The lowest BCUT2D eigenvalue weighted by atomic mass is 9.93. The van der Waals surface area contributed by atoms with E-state index in [1.165, 1.54) is 32.6 Å². The maximum absolute atomic E-state index is 3.53. The first kappa shape index (κ1) is 10.4. The van der Waals surface area contributed by atoms with Crippen LogP contribution in [0.4, 0.5) is 0 Å². The Balaban J connectivity index is 1.94. The summed E-state index contributed by atoms with van der Waals surface area (Å²) in [5, 5.41) is 3.53. The van der Waals surface area contributed by atoms with Crippen molar-refractivity contribution in [3.05, 3.63) is 0 Å². The Bertz CT molecular complexity index is 183. The van der Waals surface area contributed by atoms with Crippen LogP contribution in [0, 0.1) is 17.8 Å². The van der Waals surface area contributed by atoms with Gasteiger partial charge in [0.1, 0.15) is 0 Å². The monoisotopic (exact) mass is 196 g/mol. The molecule has 2 heterocycles. The van der Waals surface area contributed by atoms with Crippen molar-refractivity contribution in [1.29, 1.82) is 0 Å². The van der Waals surface area contributed by atoms with Crippen molar-refractivity contribution in [3.63, 3.8) is 0 Å². The molecule has 4 atom stereocenters. The first-order valence-electron chi connectivity index (χ1n) is 6.13. The number of hydrogen-bond acceptors (Lipinski definition) is 2. The van der Waals surface area contributed by atoms with Gasteiger partial charge in [0.05, 0.1) is 0 Å². The zero-order chi connectivity index (χ0) is 10.1. The minimum atomic E-state index is 0.802. The van der Waals surface area contributed by atoms with Crippen LogP contribution in [0.15, 0.2) is 0 Å². The Hall–Kier alpha value is -0.0800. The molecule has 0 bridgehead atoms. The quantitative estimate of drug-likeness (QED) is 0.685. The van der Waals surface area contributed by atoms with E-state index < -0.39 is 0 Å². The summed E-state index contributed by atoms with van der Waals surface area (Å²) < 4.78 is 0. The molecule has 0 aliphatic carbocycles. The molecule has 2 heteroatoms. The molecular formula is C12H24N2. The third kappa shape index (κ3) is 1.96. The van der Waals surface area contributed by atoms with E-state index in [4.69, 9.17) is 0 Å². The van der Waals surface area contributed by atoms with Crippen LogP contribution in [0.2, 0.25) is 0 Å². The molecule has 0 saturated carbocycles. The minimum Gasteiger partial charge on any atom is -0.315 e. The van der Waals surface area contributed by atoms with Gasteiger partial charge in [-0.25, -0.2) is 0 Å². The van der Waals surface area contributed by atoms with E-state index in [1.807, 2.05) is 0 Å². The van der Waals surface area contributed by atoms with Gasteiger partial charge < -0.3 is 5.32 Å². The summed E-state index contributed by atoms with van der Waals surface area (Å²) in [4.78, 5) is 2.71. The second kappa shape index (κ2) is 4.19. The molecule has 0 aromatic carbocycles. The first-order chi connectivity index (χ1) is 6.68. The van der Waals surface area contributed by atoms with Gasteiger partial charge in [0.15, 0.2) is 0 Å². The van der Waals surface area contributed by atoms with Crippen LogP contribution in [0.1, 0.15) is 27.2 Å². The predicted octanol–water partition coefficient (Wildman–Crippen LogP) is 1.57. The van der Waals surface area contributed by atoms with Crippen molar-refractivity contribution < 1.29 is 0 Å². The van der Waals surface area contributed by atoms with E-state index in [2.05, 4.69) is 31.0 Å². The third-order valence-corrected chi connectivity index (χ3v) is 4.27. The summed E-state index contributed by atoms with van der Waals surface area (Å²) in [5.74, 6) is 2.67. The van der Waals surface area contributed by atoms with Crippen LogP contribution in [0.25, 0.3) is 0 Å².